The van der Waals surface area contributed by atoms with E-state index >= 15 is 0 Å². The first-order valence-corrected chi connectivity index (χ1v) is 6.06. The van der Waals surface area contributed by atoms with Crippen LogP contribution < -0.4 is 0 Å². The third-order valence-corrected chi connectivity index (χ3v) is 2.46. The first-order valence-electron chi connectivity index (χ1n) is 6.06. The minimum Gasteiger partial charge on any atom is -0.394 e. The Labute approximate surface area is 125 Å². The van der Waals surface area contributed by atoms with E-state index in [4.69, 9.17) is 46.0 Å². The highest BCUT2D eigenvalue weighted by molar-refractivity contribution is 5.84. The van der Waals surface area contributed by atoms with Crippen molar-refractivity contribution in [1.82, 2.24) is 0 Å². The summed E-state index contributed by atoms with van der Waals surface area (Å²) in [6, 6.07) is 0. The molecule has 11 heteroatoms. The second kappa shape index (κ2) is 12.5. The molecular weight excluding hydrogens is 308 g/mol. The van der Waals surface area contributed by atoms with E-state index in [-0.39, 0.29) is 6.29 Å². The fourth-order valence-electron chi connectivity index (χ4n) is 1.02. The molecule has 0 rings (SSSR count). The molecule has 0 radical (unpaired) electrons. The molecule has 0 aromatic heterocycles. The molecule has 6 atom stereocenters. The molecule has 9 N–H and O–H groups in total. The molecule has 0 aromatic rings. The first kappa shape index (κ1) is 23.2. The molecule has 0 aliphatic rings. The summed E-state index contributed by atoms with van der Waals surface area (Å²) in [6.45, 7) is -2.38. The molecule has 132 valence electrons. The molecule has 0 heterocycles. The molecule has 0 aliphatic heterocycles. The maximum Gasteiger partial charge on any atom is 0.189 e. The normalized spacial score (nSPS) is 19.0. The number of aldehydes is 1. The third-order valence-electron chi connectivity index (χ3n) is 2.46. The second-order valence-electron chi connectivity index (χ2n) is 4.18. The maximum absolute atomic E-state index is 10.5. The van der Waals surface area contributed by atoms with Gasteiger partial charge in [-0.1, -0.05) is 0 Å². The summed E-state index contributed by atoms with van der Waals surface area (Å²) in [5.41, 5.74) is 0. The minimum atomic E-state index is -1.86. The highest BCUT2D eigenvalue weighted by Gasteiger charge is 2.28. The Morgan fingerprint density at radius 3 is 1.55 bits per heavy atom. The van der Waals surface area contributed by atoms with Crippen LogP contribution in [0.2, 0.25) is 0 Å². The number of rotatable bonds is 9. The Bertz CT molecular complexity index is 310. The van der Waals surface area contributed by atoms with Crippen LogP contribution in [0.3, 0.4) is 0 Å². The van der Waals surface area contributed by atoms with Crippen LogP contribution >= 0.6 is 0 Å². The lowest BCUT2D eigenvalue weighted by Gasteiger charge is -2.19. The van der Waals surface area contributed by atoms with Gasteiger partial charge in [-0.3, -0.25) is 4.79 Å². The van der Waals surface area contributed by atoms with Gasteiger partial charge >= 0.3 is 0 Å². The Kier molecular flexibility index (Phi) is 13.2. The SMILES string of the molecule is O=C(CO)[C@@H](O)[C@H](O)[C@H](O)CO.O=C[C@@H](O)[C@H](O)[C@H](O)CO. The molecule has 0 fully saturated rings. The number of aliphatic hydroxyl groups is 9. The number of hydrogen-bond donors (Lipinski definition) is 9. The quantitative estimate of drug-likeness (QED) is 0.181. The van der Waals surface area contributed by atoms with Crippen LogP contribution in [-0.4, -0.2) is 114 Å². The van der Waals surface area contributed by atoms with E-state index in [0.717, 1.165) is 0 Å². The lowest BCUT2D eigenvalue weighted by atomic mass is 10.1. The monoisotopic (exact) mass is 330 g/mol. The molecule has 11 nitrogen and oxygen atoms in total. The van der Waals surface area contributed by atoms with Crippen molar-refractivity contribution in [1.29, 1.82) is 0 Å². The van der Waals surface area contributed by atoms with E-state index in [9.17, 15) is 9.59 Å². The summed E-state index contributed by atoms with van der Waals surface area (Å²) in [7, 11) is 0. The van der Waals surface area contributed by atoms with E-state index in [0.29, 0.717) is 0 Å². The average molecular weight is 330 g/mol. The Morgan fingerprint density at radius 1 is 0.818 bits per heavy atom. The van der Waals surface area contributed by atoms with Crippen molar-refractivity contribution in [3.8, 4) is 0 Å². The minimum absolute atomic E-state index is 0.0869. The van der Waals surface area contributed by atoms with E-state index in [1.165, 1.54) is 0 Å². The van der Waals surface area contributed by atoms with Crippen LogP contribution in [-0.2, 0) is 9.59 Å². The van der Waals surface area contributed by atoms with Gasteiger partial charge in [0.2, 0.25) is 0 Å². The summed E-state index contributed by atoms with van der Waals surface area (Å²) in [6.07, 6.45) is -9.85. The van der Waals surface area contributed by atoms with Gasteiger partial charge in [-0.05, 0) is 0 Å². The summed E-state index contributed by atoms with van der Waals surface area (Å²) in [4.78, 5) is 20.3. The molecule has 0 amide bonds. The van der Waals surface area contributed by atoms with Crippen LogP contribution in [0.15, 0.2) is 0 Å². The highest BCUT2D eigenvalue weighted by Crippen LogP contribution is 2.00. The summed E-state index contributed by atoms with van der Waals surface area (Å²) >= 11 is 0. The first-order chi connectivity index (χ1) is 10.2. The van der Waals surface area contributed by atoms with Gasteiger partial charge < -0.3 is 50.8 Å². The Morgan fingerprint density at radius 2 is 1.23 bits per heavy atom. The van der Waals surface area contributed by atoms with Crippen molar-refractivity contribution < 1.29 is 55.5 Å². The lowest BCUT2D eigenvalue weighted by molar-refractivity contribution is -0.142. The van der Waals surface area contributed by atoms with Crippen molar-refractivity contribution in [2.75, 3.05) is 19.8 Å². The van der Waals surface area contributed by atoms with Gasteiger partial charge in [0.25, 0.3) is 0 Å². The van der Waals surface area contributed by atoms with E-state index in [2.05, 4.69) is 0 Å². The Balaban J connectivity index is 0. The number of carbonyl (C=O) groups is 2. The van der Waals surface area contributed by atoms with Gasteiger partial charge in [0.05, 0.1) is 13.2 Å². The maximum atomic E-state index is 10.5. The zero-order valence-corrected chi connectivity index (χ0v) is 11.5. The second-order valence-corrected chi connectivity index (χ2v) is 4.18. The van der Waals surface area contributed by atoms with E-state index < -0.39 is 62.2 Å². The van der Waals surface area contributed by atoms with Gasteiger partial charge in [0.1, 0.15) is 43.2 Å². The highest BCUT2D eigenvalue weighted by atomic mass is 16.4. The standard InChI is InChI=1S/C6H12O6.C5H10O5/c7-1-3(9)5(11)6(12)4(10)2-8;6-1-3(8)5(10)4(9)2-7/h3,5-9,11-12H,1-2H2;1,3-5,7-10H,2H2/t3-,5-,6-;3-,4-,5+/m11/s1. The predicted octanol–water partition coefficient (Wildman–Crippen LogP) is -6.12. The molecule has 0 saturated heterocycles. The zero-order chi connectivity index (χ0) is 17.9. The summed E-state index contributed by atoms with van der Waals surface area (Å²) in [5, 5.41) is 77.1. The van der Waals surface area contributed by atoms with E-state index in [1.807, 2.05) is 0 Å². The number of hydrogen-bond acceptors (Lipinski definition) is 11. The molecule has 0 bridgehead atoms. The van der Waals surface area contributed by atoms with Crippen LogP contribution in [0.5, 0.6) is 0 Å². The van der Waals surface area contributed by atoms with Gasteiger partial charge in [0.15, 0.2) is 12.1 Å². The number of Topliss-reactive ketones (excluding diaryl/α,β-unsaturated/α-hetero) is 1. The molecule has 0 saturated carbocycles. The number of aliphatic hydroxyl groups excluding tert-OH is 9. The smallest absolute Gasteiger partial charge is 0.189 e. The Hall–Kier alpha value is -1.02. The third kappa shape index (κ3) is 8.43. The van der Waals surface area contributed by atoms with Gasteiger partial charge in [-0.2, -0.15) is 0 Å². The lowest BCUT2D eigenvalue weighted by Crippen LogP contribution is -2.44. The van der Waals surface area contributed by atoms with Crippen LogP contribution in [0, 0.1) is 0 Å². The van der Waals surface area contributed by atoms with Crippen LogP contribution in [0.1, 0.15) is 0 Å². The van der Waals surface area contributed by atoms with Gasteiger partial charge in [-0.15, -0.1) is 0 Å². The largest absolute Gasteiger partial charge is 0.394 e. The molecule has 0 aliphatic carbocycles. The molecule has 22 heavy (non-hydrogen) atoms. The fraction of sp³-hybridized carbons (Fsp3) is 0.818. The molecule has 0 unspecified atom stereocenters. The van der Waals surface area contributed by atoms with Gasteiger partial charge in [-0.25, -0.2) is 0 Å². The van der Waals surface area contributed by atoms with E-state index in [1.54, 1.807) is 0 Å². The summed E-state index contributed by atoms with van der Waals surface area (Å²) in [5.74, 6) is -1.00. The summed E-state index contributed by atoms with van der Waals surface area (Å²) < 4.78 is 0. The van der Waals surface area contributed by atoms with Crippen LogP contribution in [0.4, 0.5) is 0 Å². The van der Waals surface area contributed by atoms with Crippen molar-refractivity contribution in [2.45, 2.75) is 36.6 Å². The molecule has 0 aromatic carbocycles. The zero-order valence-electron chi connectivity index (χ0n) is 11.5. The number of carbonyl (C=O) groups excluding carboxylic acids is 2. The average Bonchev–Trinajstić information content (AvgIpc) is 2.56. The van der Waals surface area contributed by atoms with Crippen molar-refractivity contribution in [2.24, 2.45) is 0 Å². The number of ketones is 1. The van der Waals surface area contributed by atoms with Crippen molar-refractivity contribution >= 4 is 12.1 Å². The molecular formula is C11H22O11. The van der Waals surface area contributed by atoms with Crippen LogP contribution in [0.25, 0.3) is 0 Å². The predicted molar refractivity (Wildman–Crippen MR) is 68.4 cm³/mol. The van der Waals surface area contributed by atoms with Crippen molar-refractivity contribution in [3.05, 3.63) is 0 Å². The van der Waals surface area contributed by atoms with Gasteiger partial charge in [0, 0.05) is 0 Å². The topological polar surface area (TPSA) is 216 Å². The fourth-order valence-corrected chi connectivity index (χ4v) is 1.02. The molecule has 0 spiro atoms. The van der Waals surface area contributed by atoms with Crippen molar-refractivity contribution in [3.63, 3.8) is 0 Å².